The monoisotopic (exact) mass is 190 g/mol. The third-order valence-corrected chi connectivity index (χ3v) is 1.88. The Hall–Kier alpha value is -1.77. The highest BCUT2D eigenvalue weighted by molar-refractivity contribution is 5.70. The molecule has 0 radical (unpaired) electrons. The highest BCUT2D eigenvalue weighted by atomic mass is 16.6. The smallest absolute Gasteiger partial charge is 0.307 e. The number of ether oxygens (including phenoxy) is 2. The van der Waals surface area contributed by atoms with Gasteiger partial charge in [-0.2, -0.15) is 0 Å². The van der Waals surface area contributed by atoms with Gasteiger partial charge in [-0.25, -0.2) is 0 Å². The fraction of sp³-hybridized carbons (Fsp3) is 0.182. The normalized spacial score (nSPS) is 13.6. The first kappa shape index (κ1) is 8.81. The zero-order valence-corrected chi connectivity index (χ0v) is 7.82. The lowest BCUT2D eigenvalue weighted by molar-refractivity contribution is -0.137. The van der Waals surface area contributed by atoms with Crippen LogP contribution in [0.2, 0.25) is 0 Å². The molecule has 1 aliphatic heterocycles. The molecule has 0 bridgehead atoms. The van der Waals surface area contributed by atoms with Crippen LogP contribution in [-0.4, -0.2) is 12.6 Å². The molecule has 0 N–H and O–H groups in total. The molecule has 72 valence electrons. The zero-order valence-electron chi connectivity index (χ0n) is 7.82. The number of carbonyl (C=O) groups is 1. The number of carbonyl (C=O) groups excluding carboxylic acids is 1. The van der Waals surface area contributed by atoms with Gasteiger partial charge in [0.25, 0.3) is 0 Å². The van der Waals surface area contributed by atoms with Gasteiger partial charge in [-0.3, -0.25) is 4.79 Å². The lowest BCUT2D eigenvalue weighted by atomic mass is 10.1. The van der Waals surface area contributed by atoms with E-state index in [0.29, 0.717) is 12.4 Å². The fourth-order valence-electron chi connectivity index (χ4n) is 1.34. The predicted octanol–water partition coefficient (Wildman–Crippen LogP) is 1.98. The van der Waals surface area contributed by atoms with E-state index in [1.165, 1.54) is 6.92 Å². The van der Waals surface area contributed by atoms with Gasteiger partial charge in [0.05, 0.1) is 0 Å². The second kappa shape index (κ2) is 3.54. The van der Waals surface area contributed by atoms with Crippen molar-refractivity contribution < 1.29 is 14.3 Å². The van der Waals surface area contributed by atoms with Gasteiger partial charge in [0, 0.05) is 12.5 Å². The van der Waals surface area contributed by atoms with Crippen molar-refractivity contribution in [2.45, 2.75) is 6.92 Å². The maximum Gasteiger partial charge on any atom is 0.307 e. The van der Waals surface area contributed by atoms with Gasteiger partial charge in [-0.1, -0.05) is 18.2 Å². The van der Waals surface area contributed by atoms with Gasteiger partial charge in [-0.15, -0.1) is 0 Å². The lowest BCUT2D eigenvalue weighted by Gasteiger charge is -2.16. The number of rotatable bonds is 1. The van der Waals surface area contributed by atoms with Crippen molar-refractivity contribution in [2.75, 3.05) is 6.61 Å². The third kappa shape index (κ3) is 1.76. The molecule has 0 amide bonds. The molecule has 1 heterocycles. The Morgan fingerprint density at radius 3 is 3.00 bits per heavy atom. The van der Waals surface area contributed by atoms with E-state index >= 15 is 0 Å². The molecule has 0 aliphatic carbocycles. The number of hydrogen-bond acceptors (Lipinski definition) is 3. The van der Waals surface area contributed by atoms with Crippen LogP contribution >= 0.6 is 0 Å². The van der Waals surface area contributed by atoms with Crippen molar-refractivity contribution in [1.82, 2.24) is 0 Å². The first-order valence-corrected chi connectivity index (χ1v) is 4.36. The van der Waals surface area contributed by atoms with Crippen molar-refractivity contribution in [3.8, 4) is 5.75 Å². The molecule has 1 aliphatic rings. The average Bonchev–Trinajstić information content (AvgIpc) is 2.17. The average molecular weight is 190 g/mol. The summed E-state index contributed by atoms with van der Waals surface area (Å²) >= 11 is 0. The minimum absolute atomic E-state index is 0.316. The minimum atomic E-state index is -0.320. The van der Waals surface area contributed by atoms with Gasteiger partial charge in [-0.05, 0) is 12.1 Å². The summed E-state index contributed by atoms with van der Waals surface area (Å²) in [6.07, 6.45) is 1.82. The Balaban J connectivity index is 2.26. The number of hydrogen-bond donors (Lipinski definition) is 0. The van der Waals surface area contributed by atoms with Gasteiger partial charge in [0.15, 0.2) is 0 Å². The van der Waals surface area contributed by atoms with Crippen molar-refractivity contribution in [1.29, 1.82) is 0 Å². The Bertz CT molecular complexity index is 393. The molecule has 3 heteroatoms. The van der Waals surface area contributed by atoms with E-state index in [9.17, 15) is 4.79 Å². The zero-order chi connectivity index (χ0) is 9.97. The fourth-order valence-corrected chi connectivity index (χ4v) is 1.34. The summed E-state index contributed by atoms with van der Waals surface area (Å²) < 4.78 is 10.3. The van der Waals surface area contributed by atoms with Gasteiger partial charge in [0.2, 0.25) is 0 Å². The largest absolute Gasteiger partial charge is 0.485 e. The number of esters is 1. The predicted molar refractivity (Wildman–Crippen MR) is 51.7 cm³/mol. The van der Waals surface area contributed by atoms with Crippen LogP contribution in [0.15, 0.2) is 30.0 Å². The van der Waals surface area contributed by atoms with E-state index < -0.39 is 0 Å². The molecule has 0 unspecified atom stereocenters. The second-order valence-electron chi connectivity index (χ2n) is 3.03. The molecule has 1 aromatic rings. The van der Waals surface area contributed by atoms with E-state index in [2.05, 4.69) is 0 Å². The van der Waals surface area contributed by atoms with Crippen LogP contribution in [-0.2, 0) is 9.53 Å². The Kier molecular flexibility index (Phi) is 2.23. The number of fused-ring (bicyclic) bond motifs is 1. The molecule has 1 aromatic carbocycles. The molecule has 0 atom stereocenters. The molecule has 0 saturated heterocycles. The molecule has 0 aromatic heterocycles. The summed E-state index contributed by atoms with van der Waals surface area (Å²) in [6, 6.07) is 7.62. The first-order chi connectivity index (χ1) is 6.75. The standard InChI is InChI=1S/C11H10O3/c1-8(12)14-10-6-9-4-2-3-5-11(9)13-7-10/h2-6H,7H2,1H3. The number of benzene rings is 1. The van der Waals surface area contributed by atoms with E-state index in [1.807, 2.05) is 30.3 Å². The molecule has 2 rings (SSSR count). The molecule has 0 fully saturated rings. The summed E-state index contributed by atoms with van der Waals surface area (Å²) in [5.41, 5.74) is 0.940. The third-order valence-electron chi connectivity index (χ3n) is 1.88. The van der Waals surface area contributed by atoms with Crippen LogP contribution in [0.5, 0.6) is 5.75 Å². The highest BCUT2D eigenvalue weighted by Crippen LogP contribution is 2.25. The first-order valence-electron chi connectivity index (χ1n) is 4.36. The van der Waals surface area contributed by atoms with Gasteiger partial charge in [0.1, 0.15) is 18.1 Å². The summed E-state index contributed by atoms with van der Waals surface area (Å²) in [6.45, 7) is 1.69. The van der Waals surface area contributed by atoms with Crippen LogP contribution in [0.3, 0.4) is 0 Å². The molecule has 0 saturated carbocycles. The summed E-state index contributed by atoms with van der Waals surface area (Å²) in [7, 11) is 0. The van der Waals surface area contributed by atoms with Gasteiger partial charge >= 0.3 is 5.97 Å². The van der Waals surface area contributed by atoms with Crippen LogP contribution in [0.1, 0.15) is 12.5 Å². The van der Waals surface area contributed by atoms with Crippen molar-refractivity contribution in [3.63, 3.8) is 0 Å². The SMILES string of the molecule is CC(=O)OC1=Cc2ccccc2OC1. The van der Waals surface area contributed by atoms with E-state index in [0.717, 1.165) is 11.3 Å². The second-order valence-corrected chi connectivity index (χ2v) is 3.03. The molecular formula is C11H10O3. The topological polar surface area (TPSA) is 35.5 Å². The maximum atomic E-state index is 10.7. The van der Waals surface area contributed by atoms with Crippen LogP contribution in [0.4, 0.5) is 0 Å². The molecule has 14 heavy (non-hydrogen) atoms. The minimum Gasteiger partial charge on any atom is -0.485 e. The Labute approximate surface area is 81.9 Å². The van der Waals surface area contributed by atoms with Crippen LogP contribution in [0.25, 0.3) is 6.08 Å². The molecule has 0 spiro atoms. The van der Waals surface area contributed by atoms with E-state index in [1.54, 1.807) is 0 Å². The quantitative estimate of drug-likeness (QED) is 0.635. The van der Waals surface area contributed by atoms with Crippen LogP contribution < -0.4 is 4.74 Å². The highest BCUT2D eigenvalue weighted by Gasteiger charge is 2.12. The summed E-state index contributed by atoms with van der Waals surface area (Å²) in [5.74, 6) is 1.05. The Morgan fingerprint density at radius 1 is 1.43 bits per heavy atom. The van der Waals surface area contributed by atoms with Crippen LogP contribution in [0, 0.1) is 0 Å². The van der Waals surface area contributed by atoms with Gasteiger partial charge < -0.3 is 9.47 Å². The van der Waals surface area contributed by atoms with Crippen molar-refractivity contribution in [3.05, 3.63) is 35.6 Å². The maximum absolute atomic E-state index is 10.7. The summed E-state index contributed by atoms with van der Waals surface area (Å²) in [5, 5.41) is 0. The lowest BCUT2D eigenvalue weighted by Crippen LogP contribution is -2.11. The van der Waals surface area contributed by atoms with Crippen molar-refractivity contribution >= 4 is 12.0 Å². The summed E-state index contributed by atoms with van der Waals surface area (Å²) in [4.78, 5) is 10.7. The molecule has 3 nitrogen and oxygen atoms in total. The Morgan fingerprint density at radius 2 is 2.21 bits per heavy atom. The van der Waals surface area contributed by atoms with E-state index in [-0.39, 0.29) is 5.97 Å². The van der Waals surface area contributed by atoms with E-state index in [4.69, 9.17) is 9.47 Å². The number of para-hydroxylation sites is 1. The van der Waals surface area contributed by atoms with Crippen molar-refractivity contribution in [2.24, 2.45) is 0 Å². The molecular weight excluding hydrogens is 180 g/mol.